The Morgan fingerprint density at radius 1 is 1.00 bits per heavy atom. The lowest BCUT2D eigenvalue weighted by Gasteiger charge is -2.32. The van der Waals surface area contributed by atoms with Crippen molar-refractivity contribution in [1.82, 2.24) is 21.6 Å². The van der Waals surface area contributed by atoms with Crippen LogP contribution in [0.4, 0.5) is 4.79 Å². The molecule has 1 unspecified atom stereocenters. The number of carbonyl (C=O) groups is 1. The van der Waals surface area contributed by atoms with Gasteiger partial charge in [-0.05, 0) is 24.0 Å². The van der Waals surface area contributed by atoms with Crippen molar-refractivity contribution >= 4 is 6.09 Å². The van der Waals surface area contributed by atoms with Gasteiger partial charge in [0, 0.05) is 25.2 Å². The molecule has 2 aromatic rings. The molecular formula is C23H32N4O5. The second kappa shape index (κ2) is 13.8. The molecule has 2 aromatic carbocycles. The first kappa shape index (κ1) is 24.1. The van der Waals surface area contributed by atoms with Crippen molar-refractivity contribution < 1.29 is 24.3 Å². The van der Waals surface area contributed by atoms with Gasteiger partial charge in [-0.1, -0.05) is 60.7 Å². The molecule has 3 rings (SSSR count). The standard InChI is InChI=1S/C23H32N4O5/c28-22(27-31-14-13-24-23(29)30-16-18-7-3-1-4-8-18)21-12-11-20(15-25-21)26-32-17-19-9-5-2-6-10-19/h1-10,20-22,25-28H,11-17H2,(H,24,29)/t20-,21+,22?/m1/s1. The van der Waals surface area contributed by atoms with Crippen LogP contribution < -0.4 is 21.6 Å². The fourth-order valence-corrected chi connectivity index (χ4v) is 3.27. The van der Waals surface area contributed by atoms with Gasteiger partial charge in [-0.25, -0.2) is 4.79 Å². The summed E-state index contributed by atoms with van der Waals surface area (Å²) in [6.07, 6.45) is 0.250. The number of piperidine rings is 1. The van der Waals surface area contributed by atoms with Crippen LogP contribution in [0, 0.1) is 0 Å². The topological polar surface area (TPSA) is 113 Å². The lowest BCUT2D eigenvalue weighted by molar-refractivity contribution is -0.0776. The highest BCUT2D eigenvalue weighted by molar-refractivity contribution is 5.67. The zero-order chi connectivity index (χ0) is 22.4. The number of benzene rings is 2. The number of hydrogen-bond donors (Lipinski definition) is 5. The minimum atomic E-state index is -0.855. The van der Waals surface area contributed by atoms with Gasteiger partial charge in [0.2, 0.25) is 0 Å². The predicted octanol–water partition coefficient (Wildman–Crippen LogP) is 1.59. The fourth-order valence-electron chi connectivity index (χ4n) is 3.27. The molecule has 1 fully saturated rings. The monoisotopic (exact) mass is 444 g/mol. The van der Waals surface area contributed by atoms with Gasteiger partial charge in [-0.3, -0.25) is 9.68 Å². The van der Waals surface area contributed by atoms with Crippen LogP contribution in [0.25, 0.3) is 0 Å². The number of aliphatic hydroxyl groups excluding tert-OH is 1. The fraction of sp³-hybridized carbons (Fsp3) is 0.435. The van der Waals surface area contributed by atoms with Gasteiger partial charge in [0.1, 0.15) is 12.8 Å². The van der Waals surface area contributed by atoms with Crippen LogP contribution in [-0.2, 0) is 27.6 Å². The summed E-state index contributed by atoms with van der Waals surface area (Å²) in [5.74, 6) is 0. The third-order valence-corrected chi connectivity index (χ3v) is 5.06. The summed E-state index contributed by atoms with van der Waals surface area (Å²) < 4.78 is 5.11. The van der Waals surface area contributed by atoms with E-state index in [4.69, 9.17) is 14.4 Å². The van der Waals surface area contributed by atoms with Crippen LogP contribution in [0.2, 0.25) is 0 Å². The molecule has 9 heteroatoms. The normalized spacial score (nSPS) is 19.3. The molecule has 174 valence electrons. The molecule has 0 aliphatic carbocycles. The number of ether oxygens (including phenoxy) is 1. The van der Waals surface area contributed by atoms with Gasteiger partial charge >= 0.3 is 6.09 Å². The molecule has 1 aliphatic heterocycles. The van der Waals surface area contributed by atoms with Crippen molar-refractivity contribution in [3.05, 3.63) is 71.8 Å². The molecular weight excluding hydrogens is 412 g/mol. The van der Waals surface area contributed by atoms with E-state index in [1.165, 1.54) is 0 Å². The zero-order valence-electron chi connectivity index (χ0n) is 18.0. The smallest absolute Gasteiger partial charge is 0.407 e. The number of hydroxylamine groups is 2. The van der Waals surface area contributed by atoms with Crippen molar-refractivity contribution in [2.45, 2.75) is 44.4 Å². The van der Waals surface area contributed by atoms with Crippen LogP contribution in [0.3, 0.4) is 0 Å². The highest BCUT2D eigenvalue weighted by Crippen LogP contribution is 2.11. The van der Waals surface area contributed by atoms with Crippen molar-refractivity contribution in [2.75, 3.05) is 19.7 Å². The van der Waals surface area contributed by atoms with Crippen molar-refractivity contribution in [3.63, 3.8) is 0 Å². The van der Waals surface area contributed by atoms with Gasteiger partial charge in [0.15, 0.2) is 0 Å². The van der Waals surface area contributed by atoms with Crippen LogP contribution >= 0.6 is 0 Å². The van der Waals surface area contributed by atoms with Gasteiger partial charge in [0.25, 0.3) is 0 Å². The maximum Gasteiger partial charge on any atom is 0.407 e. The average Bonchev–Trinajstić information content (AvgIpc) is 2.84. The van der Waals surface area contributed by atoms with Crippen LogP contribution in [0.5, 0.6) is 0 Å². The Morgan fingerprint density at radius 3 is 2.34 bits per heavy atom. The summed E-state index contributed by atoms with van der Waals surface area (Å²) in [4.78, 5) is 22.5. The van der Waals surface area contributed by atoms with E-state index in [9.17, 15) is 9.90 Å². The maximum absolute atomic E-state index is 11.7. The van der Waals surface area contributed by atoms with Crippen LogP contribution in [0.1, 0.15) is 24.0 Å². The number of alkyl carbamates (subject to hydrolysis) is 1. The van der Waals surface area contributed by atoms with Gasteiger partial charge < -0.3 is 20.5 Å². The number of carbonyl (C=O) groups excluding carboxylic acids is 1. The van der Waals surface area contributed by atoms with E-state index in [2.05, 4.69) is 21.6 Å². The second-order valence-corrected chi connectivity index (χ2v) is 7.58. The van der Waals surface area contributed by atoms with E-state index < -0.39 is 12.3 Å². The Balaban J connectivity index is 1.19. The molecule has 9 nitrogen and oxygen atoms in total. The number of nitrogens with one attached hydrogen (secondary N) is 4. The summed E-state index contributed by atoms with van der Waals surface area (Å²) in [5, 5.41) is 16.1. The molecule has 5 N–H and O–H groups in total. The average molecular weight is 445 g/mol. The lowest BCUT2D eigenvalue weighted by Crippen LogP contribution is -2.55. The summed E-state index contributed by atoms with van der Waals surface area (Å²) in [7, 11) is 0. The number of amides is 1. The molecule has 0 saturated carbocycles. The van der Waals surface area contributed by atoms with E-state index in [0.29, 0.717) is 13.2 Å². The Morgan fingerprint density at radius 2 is 1.69 bits per heavy atom. The van der Waals surface area contributed by atoms with E-state index in [1.807, 2.05) is 60.7 Å². The molecule has 32 heavy (non-hydrogen) atoms. The molecule has 1 heterocycles. The first-order valence-corrected chi connectivity index (χ1v) is 10.9. The number of rotatable bonds is 12. The first-order chi connectivity index (χ1) is 15.7. The predicted molar refractivity (Wildman–Crippen MR) is 119 cm³/mol. The molecule has 1 aliphatic rings. The highest BCUT2D eigenvalue weighted by atomic mass is 16.7. The van der Waals surface area contributed by atoms with Crippen molar-refractivity contribution in [3.8, 4) is 0 Å². The van der Waals surface area contributed by atoms with E-state index in [1.54, 1.807) is 0 Å². The van der Waals surface area contributed by atoms with Crippen LogP contribution in [0.15, 0.2) is 60.7 Å². The van der Waals surface area contributed by atoms with E-state index >= 15 is 0 Å². The summed E-state index contributed by atoms with van der Waals surface area (Å²) in [6, 6.07) is 19.5. The molecule has 0 radical (unpaired) electrons. The van der Waals surface area contributed by atoms with Crippen molar-refractivity contribution in [2.24, 2.45) is 0 Å². The third-order valence-electron chi connectivity index (χ3n) is 5.06. The largest absolute Gasteiger partial charge is 0.445 e. The number of aliphatic hydroxyl groups is 1. The molecule has 1 saturated heterocycles. The lowest BCUT2D eigenvalue weighted by atomic mass is 10.0. The quantitative estimate of drug-likeness (QED) is 0.191. The Kier molecular flexibility index (Phi) is 10.4. The molecule has 0 bridgehead atoms. The molecule has 0 aromatic heterocycles. The van der Waals surface area contributed by atoms with Gasteiger partial charge in [0.05, 0.1) is 13.2 Å². The van der Waals surface area contributed by atoms with Crippen LogP contribution in [-0.4, -0.2) is 49.2 Å². The molecule has 1 amide bonds. The second-order valence-electron chi connectivity index (χ2n) is 7.58. The highest BCUT2D eigenvalue weighted by Gasteiger charge is 2.26. The third kappa shape index (κ3) is 8.91. The van der Waals surface area contributed by atoms with Gasteiger partial charge in [-0.2, -0.15) is 11.0 Å². The summed E-state index contributed by atoms with van der Waals surface area (Å²) >= 11 is 0. The zero-order valence-corrected chi connectivity index (χ0v) is 18.0. The first-order valence-electron chi connectivity index (χ1n) is 10.9. The summed E-state index contributed by atoms with van der Waals surface area (Å²) in [5.41, 5.74) is 7.71. The minimum absolute atomic E-state index is 0.133. The molecule has 0 spiro atoms. The Hall–Kier alpha value is -2.53. The summed E-state index contributed by atoms with van der Waals surface area (Å²) in [6.45, 7) is 1.85. The minimum Gasteiger partial charge on any atom is -0.445 e. The maximum atomic E-state index is 11.7. The number of hydrogen-bond acceptors (Lipinski definition) is 8. The Labute approximate surface area is 188 Å². The van der Waals surface area contributed by atoms with Gasteiger partial charge in [-0.15, -0.1) is 0 Å². The van der Waals surface area contributed by atoms with E-state index in [-0.39, 0.29) is 31.8 Å². The van der Waals surface area contributed by atoms with E-state index in [0.717, 1.165) is 24.0 Å². The Bertz CT molecular complexity index is 772. The molecule has 3 atom stereocenters. The van der Waals surface area contributed by atoms with Crippen molar-refractivity contribution in [1.29, 1.82) is 0 Å². The SMILES string of the molecule is O=C(NCCONC(O)[C@@H]1CC[C@@H](NOCc2ccccc2)CN1)OCc1ccccc1.